The maximum atomic E-state index is 6.18. The standard InChI is InChI=1S/C16H20BN5O2/c1-15(2)16(3,4)24-17(23-15)12-7-6-10(11-8-18-20-14(11)12)13-9-22(5)21-19-13/h6-9H,1-5H3,(H,18,20). The number of H-pyrrole nitrogens is 1. The summed E-state index contributed by atoms with van der Waals surface area (Å²) in [4.78, 5) is 0. The normalized spacial score (nSPS) is 19.3. The van der Waals surface area contributed by atoms with Gasteiger partial charge in [0, 0.05) is 23.5 Å². The average molecular weight is 325 g/mol. The molecule has 0 atom stereocenters. The van der Waals surface area contributed by atoms with Crippen molar-refractivity contribution in [2.75, 3.05) is 0 Å². The molecular weight excluding hydrogens is 305 g/mol. The highest BCUT2D eigenvalue weighted by Gasteiger charge is 2.52. The van der Waals surface area contributed by atoms with Crippen molar-refractivity contribution in [3.8, 4) is 11.3 Å². The molecule has 0 unspecified atom stereocenters. The van der Waals surface area contributed by atoms with Gasteiger partial charge in [0.25, 0.3) is 0 Å². The minimum absolute atomic E-state index is 0.381. The molecule has 0 aliphatic carbocycles. The first kappa shape index (κ1) is 15.3. The molecule has 3 heterocycles. The summed E-state index contributed by atoms with van der Waals surface area (Å²) in [6, 6.07) is 4.02. The van der Waals surface area contributed by atoms with Crippen LogP contribution in [0.5, 0.6) is 0 Å². The van der Waals surface area contributed by atoms with Crippen LogP contribution >= 0.6 is 0 Å². The smallest absolute Gasteiger partial charge is 0.399 e. The average Bonchev–Trinajstić information content (AvgIpc) is 3.17. The highest BCUT2D eigenvalue weighted by Crippen LogP contribution is 2.37. The monoisotopic (exact) mass is 325 g/mol. The van der Waals surface area contributed by atoms with Gasteiger partial charge in [-0.05, 0) is 27.7 Å². The third-order valence-electron chi connectivity index (χ3n) is 5.03. The number of aromatic amines is 1. The van der Waals surface area contributed by atoms with Gasteiger partial charge >= 0.3 is 7.12 Å². The van der Waals surface area contributed by atoms with Crippen LogP contribution in [0.2, 0.25) is 0 Å². The van der Waals surface area contributed by atoms with Gasteiger partial charge in [0.15, 0.2) is 0 Å². The van der Waals surface area contributed by atoms with E-state index in [-0.39, 0.29) is 11.2 Å². The third-order valence-corrected chi connectivity index (χ3v) is 5.03. The quantitative estimate of drug-likeness (QED) is 0.725. The highest BCUT2D eigenvalue weighted by molar-refractivity contribution is 6.65. The van der Waals surface area contributed by atoms with Gasteiger partial charge in [-0.3, -0.25) is 9.78 Å². The fourth-order valence-corrected chi connectivity index (χ4v) is 2.92. The first-order chi connectivity index (χ1) is 11.3. The lowest BCUT2D eigenvalue weighted by Crippen LogP contribution is -2.41. The van der Waals surface area contributed by atoms with E-state index in [9.17, 15) is 0 Å². The number of hydrogen-bond acceptors (Lipinski definition) is 5. The molecule has 7 nitrogen and oxygen atoms in total. The van der Waals surface area contributed by atoms with Gasteiger partial charge in [0.1, 0.15) is 5.69 Å². The number of fused-ring (bicyclic) bond motifs is 1. The van der Waals surface area contributed by atoms with Crippen molar-refractivity contribution in [2.24, 2.45) is 7.05 Å². The maximum Gasteiger partial charge on any atom is 0.497 e. The molecule has 1 aromatic carbocycles. The lowest BCUT2D eigenvalue weighted by molar-refractivity contribution is 0.00578. The van der Waals surface area contributed by atoms with Crippen molar-refractivity contribution < 1.29 is 9.31 Å². The first-order valence-corrected chi connectivity index (χ1v) is 7.97. The number of nitrogens with one attached hydrogen (secondary N) is 1. The van der Waals surface area contributed by atoms with Gasteiger partial charge in [0.2, 0.25) is 0 Å². The molecule has 0 bridgehead atoms. The second-order valence-corrected chi connectivity index (χ2v) is 7.23. The molecule has 3 aromatic rings. The Hall–Kier alpha value is -2.19. The molecule has 8 heteroatoms. The molecule has 4 rings (SSSR count). The fraction of sp³-hybridized carbons (Fsp3) is 0.438. The summed E-state index contributed by atoms with van der Waals surface area (Å²) in [7, 11) is 1.41. The molecule has 124 valence electrons. The Labute approximate surface area is 140 Å². The maximum absolute atomic E-state index is 6.18. The van der Waals surface area contributed by atoms with E-state index in [0.29, 0.717) is 0 Å². The Morgan fingerprint density at radius 2 is 1.83 bits per heavy atom. The number of nitrogens with zero attached hydrogens (tertiary/aromatic N) is 4. The van der Waals surface area contributed by atoms with Crippen LogP contribution in [0, 0.1) is 0 Å². The molecule has 0 amide bonds. The second-order valence-electron chi connectivity index (χ2n) is 7.23. The predicted molar refractivity (Wildman–Crippen MR) is 91.8 cm³/mol. The van der Waals surface area contributed by atoms with Gasteiger partial charge in [-0.15, -0.1) is 5.10 Å². The minimum atomic E-state index is -0.436. The molecule has 2 aromatic heterocycles. The summed E-state index contributed by atoms with van der Waals surface area (Å²) >= 11 is 0. The van der Waals surface area contributed by atoms with Crippen molar-refractivity contribution in [3.05, 3.63) is 24.5 Å². The highest BCUT2D eigenvalue weighted by atomic mass is 16.7. The van der Waals surface area contributed by atoms with Crippen LogP contribution in [-0.2, 0) is 16.4 Å². The summed E-state index contributed by atoms with van der Waals surface area (Å²) in [6.45, 7) is 8.19. The van der Waals surface area contributed by atoms with Crippen LogP contribution < -0.4 is 5.46 Å². The van der Waals surface area contributed by atoms with E-state index in [1.165, 1.54) is 0 Å². The lowest BCUT2D eigenvalue weighted by atomic mass is 9.77. The van der Waals surface area contributed by atoms with E-state index in [1.807, 2.05) is 53.1 Å². The molecule has 1 aliphatic rings. The van der Waals surface area contributed by atoms with Crippen LogP contribution in [0.15, 0.2) is 24.5 Å². The lowest BCUT2D eigenvalue weighted by Gasteiger charge is -2.32. The number of aromatic nitrogens is 5. The molecule has 0 saturated carbocycles. The molecule has 24 heavy (non-hydrogen) atoms. The largest absolute Gasteiger partial charge is 0.497 e. The number of rotatable bonds is 2. The fourth-order valence-electron chi connectivity index (χ4n) is 2.92. The van der Waals surface area contributed by atoms with Crippen LogP contribution in [-0.4, -0.2) is 43.5 Å². The van der Waals surface area contributed by atoms with Crippen LogP contribution in [0.3, 0.4) is 0 Å². The zero-order valence-electron chi connectivity index (χ0n) is 14.5. The van der Waals surface area contributed by atoms with Crippen molar-refractivity contribution in [2.45, 2.75) is 38.9 Å². The SMILES string of the molecule is Cn1cc(-c2ccc(B3OC(C)(C)C(C)(C)O3)c3[nH]ncc23)nn1. The molecule has 1 aliphatic heterocycles. The summed E-state index contributed by atoms with van der Waals surface area (Å²) in [5.41, 5.74) is 2.86. The topological polar surface area (TPSA) is 77.9 Å². The van der Waals surface area contributed by atoms with E-state index in [0.717, 1.165) is 27.6 Å². The van der Waals surface area contributed by atoms with Crippen molar-refractivity contribution >= 4 is 23.5 Å². The van der Waals surface area contributed by atoms with Gasteiger partial charge in [-0.1, -0.05) is 17.3 Å². The van der Waals surface area contributed by atoms with Crippen molar-refractivity contribution in [1.82, 2.24) is 25.2 Å². The van der Waals surface area contributed by atoms with E-state index < -0.39 is 7.12 Å². The van der Waals surface area contributed by atoms with E-state index >= 15 is 0 Å². The third kappa shape index (κ3) is 2.17. The van der Waals surface area contributed by atoms with Crippen LogP contribution in [0.1, 0.15) is 27.7 Å². The van der Waals surface area contributed by atoms with Gasteiger partial charge in [0.05, 0.1) is 29.1 Å². The number of hydrogen-bond donors (Lipinski definition) is 1. The molecule has 0 radical (unpaired) electrons. The van der Waals surface area contributed by atoms with Gasteiger partial charge in [-0.2, -0.15) is 5.10 Å². The Morgan fingerprint density at radius 3 is 2.46 bits per heavy atom. The van der Waals surface area contributed by atoms with Crippen molar-refractivity contribution in [1.29, 1.82) is 0 Å². The van der Waals surface area contributed by atoms with Crippen LogP contribution in [0.25, 0.3) is 22.2 Å². The van der Waals surface area contributed by atoms with Gasteiger partial charge in [-0.25, -0.2) is 0 Å². The first-order valence-electron chi connectivity index (χ1n) is 7.97. The van der Waals surface area contributed by atoms with E-state index in [4.69, 9.17) is 9.31 Å². The minimum Gasteiger partial charge on any atom is -0.399 e. The van der Waals surface area contributed by atoms with E-state index in [1.54, 1.807) is 10.9 Å². The molecule has 1 fully saturated rings. The molecule has 1 N–H and O–H groups in total. The summed E-state index contributed by atoms with van der Waals surface area (Å²) < 4.78 is 14.0. The Bertz CT molecular complexity index is 898. The number of aryl methyl sites for hydroxylation is 1. The van der Waals surface area contributed by atoms with Crippen molar-refractivity contribution in [3.63, 3.8) is 0 Å². The Kier molecular flexibility index (Phi) is 3.14. The molecule has 0 spiro atoms. The van der Waals surface area contributed by atoms with Crippen LogP contribution in [0.4, 0.5) is 0 Å². The molecule has 1 saturated heterocycles. The zero-order valence-corrected chi connectivity index (χ0v) is 14.5. The summed E-state index contributed by atoms with van der Waals surface area (Å²) in [5.74, 6) is 0. The Morgan fingerprint density at radius 1 is 1.12 bits per heavy atom. The summed E-state index contributed by atoms with van der Waals surface area (Å²) in [5, 5.41) is 16.5. The van der Waals surface area contributed by atoms with Gasteiger partial charge < -0.3 is 9.31 Å². The second kappa shape index (κ2) is 4.91. The summed E-state index contributed by atoms with van der Waals surface area (Å²) in [6.07, 6.45) is 3.68. The molecular formula is C16H20BN5O2. The number of benzene rings is 1. The van der Waals surface area contributed by atoms with E-state index in [2.05, 4.69) is 20.5 Å². The Balaban J connectivity index is 1.81. The zero-order chi connectivity index (χ0) is 17.1. The predicted octanol–water partition coefficient (Wildman–Crippen LogP) is 1.66.